The third-order valence-corrected chi connectivity index (χ3v) is 5.17. The predicted octanol–water partition coefficient (Wildman–Crippen LogP) is 5.93. The zero-order valence-electron chi connectivity index (χ0n) is 18.8. The quantitative estimate of drug-likeness (QED) is 0.364. The fourth-order valence-electron chi connectivity index (χ4n) is 3.50. The van der Waals surface area contributed by atoms with E-state index in [1.165, 1.54) is 18.3 Å². The number of carbonyl (C=O) groups excluding carboxylic acids is 1. The third kappa shape index (κ3) is 5.68. The van der Waals surface area contributed by atoms with Crippen LogP contribution in [0.3, 0.4) is 0 Å². The van der Waals surface area contributed by atoms with Crippen LogP contribution in [0, 0.1) is 12.7 Å². The number of benzene rings is 2. The van der Waals surface area contributed by atoms with Crippen molar-refractivity contribution in [2.75, 3.05) is 5.32 Å². The van der Waals surface area contributed by atoms with E-state index in [9.17, 15) is 9.18 Å². The van der Waals surface area contributed by atoms with E-state index in [1.807, 2.05) is 19.1 Å². The van der Waals surface area contributed by atoms with Crippen molar-refractivity contribution >= 4 is 11.6 Å². The smallest absolute Gasteiger partial charge is 0.291 e. The van der Waals surface area contributed by atoms with Gasteiger partial charge in [-0.15, -0.1) is 0 Å². The van der Waals surface area contributed by atoms with Crippen LogP contribution in [0.1, 0.15) is 52.8 Å². The Kier molecular flexibility index (Phi) is 6.58. The lowest BCUT2D eigenvalue weighted by Crippen LogP contribution is -2.10. The van der Waals surface area contributed by atoms with Gasteiger partial charge in [0.05, 0.1) is 18.4 Å². The summed E-state index contributed by atoms with van der Waals surface area (Å²) in [7, 11) is 0. The molecule has 0 atom stereocenters. The first-order valence-corrected chi connectivity index (χ1v) is 10.8. The van der Waals surface area contributed by atoms with Crippen LogP contribution in [0.4, 0.5) is 10.1 Å². The lowest BCUT2D eigenvalue weighted by Gasteiger charge is -2.14. The molecule has 1 amide bonds. The average Bonchev–Trinajstić information content (AvgIpc) is 3.42. The van der Waals surface area contributed by atoms with Crippen LogP contribution < -0.4 is 10.1 Å². The van der Waals surface area contributed by atoms with Gasteiger partial charge < -0.3 is 14.5 Å². The molecule has 0 radical (unpaired) electrons. The van der Waals surface area contributed by atoms with Gasteiger partial charge in [-0.2, -0.15) is 5.10 Å². The summed E-state index contributed by atoms with van der Waals surface area (Å²) in [6, 6.07) is 15.8. The van der Waals surface area contributed by atoms with Gasteiger partial charge >= 0.3 is 0 Å². The van der Waals surface area contributed by atoms with E-state index in [-0.39, 0.29) is 24.1 Å². The van der Waals surface area contributed by atoms with Gasteiger partial charge in [0.25, 0.3) is 5.91 Å². The first-order valence-electron chi connectivity index (χ1n) is 10.8. The first-order chi connectivity index (χ1) is 15.9. The van der Waals surface area contributed by atoms with Crippen molar-refractivity contribution in [3.63, 3.8) is 0 Å². The Balaban J connectivity index is 1.36. The number of aromatic nitrogens is 2. The highest BCUT2D eigenvalue weighted by atomic mass is 19.1. The molecule has 7 heteroatoms. The number of rotatable bonds is 8. The van der Waals surface area contributed by atoms with Gasteiger partial charge in [0, 0.05) is 6.20 Å². The van der Waals surface area contributed by atoms with Crippen LogP contribution in [-0.4, -0.2) is 15.7 Å². The van der Waals surface area contributed by atoms with E-state index in [4.69, 9.17) is 9.15 Å². The second kappa shape index (κ2) is 9.73. The number of nitrogens with zero attached hydrogens (tertiary/aromatic N) is 2. The summed E-state index contributed by atoms with van der Waals surface area (Å²) in [5.74, 6) is 1.20. The number of halogens is 1. The second-order valence-electron chi connectivity index (χ2n) is 8.26. The summed E-state index contributed by atoms with van der Waals surface area (Å²) < 4.78 is 26.6. The largest absolute Gasteiger partial charge is 0.485 e. The monoisotopic (exact) mass is 447 g/mol. The van der Waals surface area contributed by atoms with E-state index in [0.29, 0.717) is 23.9 Å². The molecule has 4 aromatic rings. The molecular weight excluding hydrogens is 421 g/mol. The topological polar surface area (TPSA) is 69.3 Å². The molecule has 0 aliphatic heterocycles. The minimum absolute atomic E-state index is 0.180. The molecule has 0 spiro atoms. The van der Waals surface area contributed by atoms with Gasteiger partial charge in [-0.05, 0) is 59.9 Å². The molecule has 2 heterocycles. The molecule has 6 nitrogen and oxygen atoms in total. The number of aryl methyl sites for hydroxylation is 1. The molecule has 1 N–H and O–H groups in total. The minimum atomic E-state index is -0.384. The van der Waals surface area contributed by atoms with Crippen molar-refractivity contribution in [3.05, 3.63) is 101 Å². The van der Waals surface area contributed by atoms with E-state index in [2.05, 4.69) is 36.4 Å². The Morgan fingerprint density at radius 2 is 2.03 bits per heavy atom. The second-order valence-corrected chi connectivity index (χ2v) is 8.26. The Labute approximate surface area is 192 Å². The van der Waals surface area contributed by atoms with Crippen LogP contribution in [-0.2, 0) is 13.2 Å². The number of anilines is 1. The van der Waals surface area contributed by atoms with Gasteiger partial charge in [-0.3, -0.25) is 9.48 Å². The molecule has 0 fully saturated rings. The van der Waals surface area contributed by atoms with Crippen LogP contribution in [0.25, 0.3) is 0 Å². The summed E-state index contributed by atoms with van der Waals surface area (Å²) in [5.41, 5.74) is 3.54. The Hall–Kier alpha value is -3.87. The first kappa shape index (κ1) is 22.3. The molecule has 0 unspecified atom stereocenters. The van der Waals surface area contributed by atoms with Crippen molar-refractivity contribution in [1.82, 2.24) is 9.78 Å². The number of amides is 1. The Morgan fingerprint density at radius 1 is 1.18 bits per heavy atom. The van der Waals surface area contributed by atoms with Gasteiger partial charge in [-0.25, -0.2) is 4.39 Å². The Bertz CT molecular complexity index is 1260. The molecule has 0 aliphatic rings. The van der Waals surface area contributed by atoms with Crippen LogP contribution in [0.15, 0.2) is 71.4 Å². The summed E-state index contributed by atoms with van der Waals surface area (Å²) in [6.07, 6.45) is 3.22. The highest BCUT2D eigenvalue weighted by Crippen LogP contribution is 2.28. The van der Waals surface area contributed by atoms with Crippen molar-refractivity contribution in [2.24, 2.45) is 0 Å². The average molecular weight is 448 g/mol. The molecule has 0 saturated carbocycles. The lowest BCUT2D eigenvalue weighted by atomic mass is 10.0. The number of carbonyl (C=O) groups is 1. The molecule has 0 saturated heterocycles. The van der Waals surface area contributed by atoms with Gasteiger partial charge in [0.1, 0.15) is 23.9 Å². The van der Waals surface area contributed by atoms with Gasteiger partial charge in [0.15, 0.2) is 5.76 Å². The van der Waals surface area contributed by atoms with Crippen molar-refractivity contribution in [2.45, 2.75) is 39.8 Å². The number of hydrogen-bond acceptors (Lipinski definition) is 4. The van der Waals surface area contributed by atoms with E-state index >= 15 is 0 Å². The molecule has 33 heavy (non-hydrogen) atoms. The predicted molar refractivity (Wildman–Crippen MR) is 124 cm³/mol. The highest BCUT2D eigenvalue weighted by molar-refractivity contribution is 6.02. The fourth-order valence-corrected chi connectivity index (χ4v) is 3.50. The third-order valence-electron chi connectivity index (χ3n) is 5.17. The molecule has 170 valence electrons. The SMILES string of the molecule is Cc1ccc(C(C)C)c(OCc2ccc(C(=O)Nc3cnn(Cc4cccc(F)c4)c3)o2)c1. The molecule has 4 rings (SSSR count). The maximum absolute atomic E-state index is 13.4. The molecule has 2 aromatic heterocycles. The summed E-state index contributed by atoms with van der Waals surface area (Å²) >= 11 is 0. The highest BCUT2D eigenvalue weighted by Gasteiger charge is 2.14. The number of ether oxygens (including phenoxy) is 1. The summed E-state index contributed by atoms with van der Waals surface area (Å²) in [5, 5.41) is 6.98. The maximum Gasteiger partial charge on any atom is 0.291 e. The van der Waals surface area contributed by atoms with Gasteiger partial charge in [0.2, 0.25) is 0 Å². The number of nitrogens with one attached hydrogen (secondary N) is 1. The van der Waals surface area contributed by atoms with E-state index < -0.39 is 0 Å². The zero-order valence-corrected chi connectivity index (χ0v) is 18.8. The summed E-state index contributed by atoms with van der Waals surface area (Å²) in [4.78, 5) is 12.6. The van der Waals surface area contributed by atoms with Crippen molar-refractivity contribution in [3.8, 4) is 5.75 Å². The maximum atomic E-state index is 13.4. The van der Waals surface area contributed by atoms with Gasteiger partial charge in [-0.1, -0.05) is 38.1 Å². The van der Waals surface area contributed by atoms with Crippen LogP contribution in [0.2, 0.25) is 0 Å². The molecule has 0 aliphatic carbocycles. The van der Waals surface area contributed by atoms with E-state index in [1.54, 1.807) is 29.1 Å². The van der Waals surface area contributed by atoms with Crippen molar-refractivity contribution < 1.29 is 18.3 Å². The summed E-state index contributed by atoms with van der Waals surface area (Å²) in [6.45, 7) is 6.88. The molecular formula is C26H26FN3O3. The van der Waals surface area contributed by atoms with Crippen LogP contribution in [0.5, 0.6) is 5.75 Å². The van der Waals surface area contributed by atoms with E-state index in [0.717, 1.165) is 22.4 Å². The molecule has 2 aromatic carbocycles. The molecule has 0 bridgehead atoms. The fraction of sp³-hybridized carbons (Fsp3) is 0.231. The van der Waals surface area contributed by atoms with Crippen LogP contribution >= 0.6 is 0 Å². The standard InChI is InChI=1S/C26H26FN3O3/c1-17(2)23-9-7-18(3)11-25(23)32-16-22-8-10-24(33-22)26(31)29-21-13-28-30(15-21)14-19-5-4-6-20(27)12-19/h4-13,15,17H,14,16H2,1-3H3,(H,29,31). The number of furan rings is 1. The zero-order chi connectivity index (χ0) is 23.4. The Morgan fingerprint density at radius 3 is 2.82 bits per heavy atom. The minimum Gasteiger partial charge on any atom is -0.485 e. The normalized spacial score (nSPS) is 11.1. The lowest BCUT2D eigenvalue weighted by molar-refractivity contribution is 0.0992. The van der Waals surface area contributed by atoms with Crippen molar-refractivity contribution in [1.29, 1.82) is 0 Å². The number of hydrogen-bond donors (Lipinski definition) is 1.